The summed E-state index contributed by atoms with van der Waals surface area (Å²) in [4.78, 5) is 12.1. The van der Waals surface area contributed by atoms with Crippen molar-refractivity contribution < 1.29 is 13.2 Å². The van der Waals surface area contributed by atoms with Gasteiger partial charge in [0.25, 0.3) is 0 Å². The molecule has 1 amide bonds. The third kappa shape index (κ3) is 5.83. The Morgan fingerprint density at radius 1 is 1.28 bits per heavy atom. The van der Waals surface area contributed by atoms with Crippen molar-refractivity contribution in [3.8, 4) is 6.07 Å². The van der Waals surface area contributed by atoms with Gasteiger partial charge in [-0.2, -0.15) is 5.26 Å². The van der Waals surface area contributed by atoms with E-state index in [1.54, 1.807) is 12.1 Å². The van der Waals surface area contributed by atoms with Crippen LogP contribution >= 0.6 is 0 Å². The van der Waals surface area contributed by atoms with E-state index in [-0.39, 0.29) is 17.7 Å². The summed E-state index contributed by atoms with van der Waals surface area (Å²) >= 11 is 0. The van der Waals surface area contributed by atoms with Crippen molar-refractivity contribution >= 4 is 15.9 Å². The number of carbonyl (C=O) groups is 1. The van der Waals surface area contributed by atoms with E-state index in [1.165, 1.54) is 4.31 Å². The molecule has 0 bridgehead atoms. The highest BCUT2D eigenvalue weighted by Crippen LogP contribution is 2.15. The van der Waals surface area contributed by atoms with Crippen molar-refractivity contribution in [1.29, 1.82) is 5.26 Å². The van der Waals surface area contributed by atoms with Gasteiger partial charge in [0.15, 0.2) is 0 Å². The van der Waals surface area contributed by atoms with Crippen LogP contribution in [0.2, 0.25) is 0 Å². The third-order valence-electron chi connectivity index (χ3n) is 4.40. The van der Waals surface area contributed by atoms with Gasteiger partial charge in [-0.3, -0.25) is 4.79 Å². The van der Waals surface area contributed by atoms with E-state index in [0.29, 0.717) is 50.8 Å². The highest BCUT2D eigenvalue weighted by molar-refractivity contribution is 7.89. The minimum Gasteiger partial charge on any atom is -0.353 e. The fourth-order valence-electron chi connectivity index (χ4n) is 2.97. The number of hydrogen-bond donors (Lipinski definition) is 1. The standard InChI is InChI=1S/C18H25N3O3S/c1-2-13-25(23,24)21-11-9-17(10-12-21)20-18(22)8-7-15-3-5-16(14-19)6-4-15/h3-6,17H,2,7-13H2,1H3,(H,20,22). The van der Waals surface area contributed by atoms with Crippen molar-refractivity contribution in [2.24, 2.45) is 0 Å². The van der Waals surface area contributed by atoms with Gasteiger partial charge < -0.3 is 5.32 Å². The van der Waals surface area contributed by atoms with Gasteiger partial charge in [0, 0.05) is 25.6 Å². The molecule has 0 atom stereocenters. The lowest BCUT2D eigenvalue weighted by Gasteiger charge is -2.31. The van der Waals surface area contributed by atoms with E-state index >= 15 is 0 Å². The van der Waals surface area contributed by atoms with Gasteiger partial charge in [0.1, 0.15) is 0 Å². The maximum Gasteiger partial charge on any atom is 0.220 e. The Morgan fingerprint density at radius 2 is 1.92 bits per heavy atom. The SMILES string of the molecule is CCCS(=O)(=O)N1CCC(NC(=O)CCc2ccc(C#N)cc2)CC1. The molecule has 1 aliphatic heterocycles. The predicted octanol–water partition coefficient (Wildman–Crippen LogP) is 1.81. The van der Waals surface area contributed by atoms with Gasteiger partial charge in [-0.05, 0) is 43.4 Å². The highest BCUT2D eigenvalue weighted by atomic mass is 32.2. The number of hydrogen-bond acceptors (Lipinski definition) is 4. The molecular formula is C18H25N3O3S. The number of rotatable bonds is 7. The topological polar surface area (TPSA) is 90.3 Å². The van der Waals surface area contributed by atoms with Crippen LogP contribution in [0, 0.1) is 11.3 Å². The fraction of sp³-hybridized carbons (Fsp3) is 0.556. The van der Waals surface area contributed by atoms with Crippen LogP contribution < -0.4 is 5.32 Å². The number of amides is 1. The van der Waals surface area contributed by atoms with Gasteiger partial charge >= 0.3 is 0 Å². The molecule has 1 aromatic carbocycles. The van der Waals surface area contributed by atoms with E-state index in [0.717, 1.165) is 5.56 Å². The first kappa shape index (κ1) is 19.4. The lowest BCUT2D eigenvalue weighted by Crippen LogP contribution is -2.47. The number of carbonyl (C=O) groups excluding carboxylic acids is 1. The van der Waals surface area contributed by atoms with Crippen LogP contribution in [-0.4, -0.2) is 43.5 Å². The summed E-state index contributed by atoms with van der Waals surface area (Å²) in [6, 6.07) is 9.34. The Bertz CT molecular complexity index is 715. The maximum absolute atomic E-state index is 12.1. The van der Waals surface area contributed by atoms with Crippen LogP contribution in [-0.2, 0) is 21.2 Å². The lowest BCUT2D eigenvalue weighted by atomic mass is 10.1. The van der Waals surface area contributed by atoms with Crippen molar-refractivity contribution in [1.82, 2.24) is 9.62 Å². The molecule has 0 spiro atoms. The van der Waals surface area contributed by atoms with Crippen molar-refractivity contribution in [3.05, 3.63) is 35.4 Å². The minimum atomic E-state index is -3.14. The molecule has 0 aromatic heterocycles. The second-order valence-corrected chi connectivity index (χ2v) is 8.45. The van der Waals surface area contributed by atoms with Crippen molar-refractivity contribution in [3.63, 3.8) is 0 Å². The van der Waals surface area contributed by atoms with E-state index in [9.17, 15) is 13.2 Å². The highest BCUT2D eigenvalue weighted by Gasteiger charge is 2.27. The molecule has 1 saturated heterocycles. The number of nitrogens with one attached hydrogen (secondary N) is 1. The molecule has 2 rings (SSSR count). The average molecular weight is 363 g/mol. The minimum absolute atomic E-state index is 0.0146. The molecule has 0 aliphatic carbocycles. The smallest absolute Gasteiger partial charge is 0.220 e. The molecule has 7 heteroatoms. The number of sulfonamides is 1. The number of benzene rings is 1. The number of aryl methyl sites for hydroxylation is 1. The van der Waals surface area contributed by atoms with Gasteiger partial charge in [-0.1, -0.05) is 19.1 Å². The largest absolute Gasteiger partial charge is 0.353 e. The van der Waals surface area contributed by atoms with Gasteiger partial charge in [-0.15, -0.1) is 0 Å². The summed E-state index contributed by atoms with van der Waals surface area (Å²) in [6.07, 6.45) is 2.95. The van der Waals surface area contributed by atoms with Crippen molar-refractivity contribution in [2.45, 2.75) is 45.1 Å². The average Bonchev–Trinajstić information content (AvgIpc) is 2.61. The molecule has 6 nitrogen and oxygen atoms in total. The molecule has 1 aromatic rings. The normalized spacial score (nSPS) is 16.3. The molecule has 0 radical (unpaired) electrons. The number of piperidine rings is 1. The first-order chi connectivity index (χ1) is 11.9. The van der Waals surface area contributed by atoms with Crippen LogP contribution in [0.3, 0.4) is 0 Å². The molecule has 1 aliphatic rings. The molecule has 1 fully saturated rings. The summed E-state index contributed by atoms with van der Waals surface area (Å²) in [5, 5.41) is 11.8. The van der Waals surface area contributed by atoms with Gasteiger partial charge in [0.2, 0.25) is 15.9 Å². The second-order valence-electron chi connectivity index (χ2n) is 6.37. The quantitative estimate of drug-likeness (QED) is 0.800. The van der Waals surface area contributed by atoms with Gasteiger partial charge in [0.05, 0.1) is 17.4 Å². The third-order valence-corrected chi connectivity index (χ3v) is 6.47. The fourth-order valence-corrected chi connectivity index (χ4v) is 4.51. The Hall–Kier alpha value is -1.91. The molecule has 1 N–H and O–H groups in total. The maximum atomic E-state index is 12.1. The first-order valence-corrected chi connectivity index (χ1v) is 10.3. The summed E-state index contributed by atoms with van der Waals surface area (Å²) < 4.78 is 25.6. The van der Waals surface area contributed by atoms with Crippen LogP contribution in [0.25, 0.3) is 0 Å². The molecule has 1 heterocycles. The first-order valence-electron chi connectivity index (χ1n) is 8.71. The van der Waals surface area contributed by atoms with E-state index in [2.05, 4.69) is 11.4 Å². The molecule has 0 saturated carbocycles. The van der Waals surface area contributed by atoms with E-state index in [4.69, 9.17) is 5.26 Å². The second kappa shape index (κ2) is 8.97. The Labute approximate surface area is 149 Å². The van der Waals surface area contributed by atoms with Crippen molar-refractivity contribution in [2.75, 3.05) is 18.8 Å². The zero-order valence-electron chi connectivity index (χ0n) is 14.6. The molecule has 136 valence electrons. The molecule has 0 unspecified atom stereocenters. The Kier molecular flexibility index (Phi) is 6.97. The summed E-state index contributed by atoms with van der Waals surface area (Å²) in [5.41, 5.74) is 1.63. The zero-order valence-corrected chi connectivity index (χ0v) is 15.4. The lowest BCUT2D eigenvalue weighted by molar-refractivity contribution is -0.122. The number of nitrogens with zero attached hydrogens (tertiary/aromatic N) is 2. The van der Waals surface area contributed by atoms with Crippen LogP contribution in [0.4, 0.5) is 0 Å². The van der Waals surface area contributed by atoms with Crippen LogP contribution in [0.15, 0.2) is 24.3 Å². The molecule has 25 heavy (non-hydrogen) atoms. The summed E-state index contributed by atoms with van der Waals surface area (Å²) in [6.45, 7) is 2.81. The summed E-state index contributed by atoms with van der Waals surface area (Å²) in [5.74, 6) is 0.174. The Morgan fingerprint density at radius 3 is 2.48 bits per heavy atom. The summed E-state index contributed by atoms with van der Waals surface area (Å²) in [7, 11) is -3.14. The van der Waals surface area contributed by atoms with Crippen LogP contribution in [0.5, 0.6) is 0 Å². The van der Waals surface area contributed by atoms with E-state index in [1.807, 2.05) is 19.1 Å². The number of nitriles is 1. The molecular weight excluding hydrogens is 338 g/mol. The van der Waals surface area contributed by atoms with Crippen LogP contribution in [0.1, 0.15) is 43.7 Å². The zero-order chi connectivity index (χ0) is 18.3. The van der Waals surface area contributed by atoms with Gasteiger partial charge in [-0.25, -0.2) is 12.7 Å². The monoisotopic (exact) mass is 363 g/mol. The van der Waals surface area contributed by atoms with E-state index < -0.39 is 10.0 Å². The Balaban J connectivity index is 1.74. The predicted molar refractivity (Wildman–Crippen MR) is 96.3 cm³/mol.